The van der Waals surface area contributed by atoms with Crippen LogP contribution in [-0.2, 0) is 15.8 Å². The van der Waals surface area contributed by atoms with Crippen molar-refractivity contribution in [2.24, 2.45) is 0 Å². The molecule has 0 bridgehead atoms. The predicted octanol–water partition coefficient (Wildman–Crippen LogP) is 0.591. The van der Waals surface area contributed by atoms with E-state index >= 15 is 0 Å². The smallest absolute Gasteiger partial charge is 0.255 e. The van der Waals surface area contributed by atoms with Gasteiger partial charge < -0.3 is 9.42 Å². The van der Waals surface area contributed by atoms with Gasteiger partial charge in [-0.2, -0.15) is 4.31 Å². The van der Waals surface area contributed by atoms with E-state index < -0.39 is 10.0 Å². The van der Waals surface area contributed by atoms with Crippen molar-refractivity contribution >= 4 is 27.5 Å². The Bertz CT molecular complexity index is 1090. The molecule has 1 amide bonds. The van der Waals surface area contributed by atoms with E-state index in [9.17, 15) is 13.2 Å². The van der Waals surface area contributed by atoms with Crippen LogP contribution in [0.5, 0.6) is 0 Å². The Morgan fingerprint density at radius 1 is 1.17 bits per heavy atom. The number of hydrogen-bond acceptors (Lipinski definition) is 8. The molecule has 0 radical (unpaired) electrons. The highest BCUT2D eigenvalue weighted by molar-refractivity contribution is 7.88. The Kier molecular flexibility index (Phi) is 5.30. The number of carbonyl (C=O) groups excluding carboxylic acids is 1. The molecular weight excluding hydrogens is 422 g/mol. The summed E-state index contributed by atoms with van der Waals surface area (Å²) in [5.74, 6) is -0.492. The molecule has 0 aliphatic carbocycles. The van der Waals surface area contributed by atoms with E-state index in [1.807, 2.05) is 0 Å². The summed E-state index contributed by atoms with van der Waals surface area (Å²) in [7, 11) is -3.53. The zero-order valence-corrected chi connectivity index (χ0v) is 16.6. The van der Waals surface area contributed by atoms with E-state index in [1.165, 1.54) is 27.6 Å². The Hall–Kier alpha value is -2.83. The minimum atomic E-state index is -3.53. The molecule has 1 aromatic carbocycles. The van der Waals surface area contributed by atoms with Gasteiger partial charge in [0.1, 0.15) is 18.3 Å². The van der Waals surface area contributed by atoms with Gasteiger partial charge >= 0.3 is 0 Å². The van der Waals surface area contributed by atoms with Crippen LogP contribution >= 0.6 is 11.6 Å². The number of halogens is 1. The summed E-state index contributed by atoms with van der Waals surface area (Å²) < 4.78 is 32.5. The Balaban J connectivity index is 1.41. The minimum absolute atomic E-state index is 0.201. The number of rotatable bonds is 5. The van der Waals surface area contributed by atoms with Crippen LogP contribution in [0.2, 0.25) is 5.02 Å². The molecule has 2 aromatic heterocycles. The molecule has 152 valence electrons. The van der Waals surface area contributed by atoms with Crippen LogP contribution in [0.15, 0.2) is 41.4 Å². The summed E-state index contributed by atoms with van der Waals surface area (Å²) in [4.78, 5) is 14.4. The van der Waals surface area contributed by atoms with E-state index in [2.05, 4.69) is 25.2 Å². The van der Waals surface area contributed by atoms with Crippen molar-refractivity contribution in [3.8, 4) is 5.69 Å². The average Bonchev–Trinajstić information content (AvgIpc) is 3.41. The third-order valence-electron chi connectivity index (χ3n) is 4.54. The van der Waals surface area contributed by atoms with Gasteiger partial charge in [-0.3, -0.25) is 4.79 Å². The molecule has 1 fully saturated rings. The number of amides is 1. The maximum atomic E-state index is 12.8. The zero-order chi connectivity index (χ0) is 20.4. The third-order valence-corrected chi connectivity index (χ3v) is 6.66. The van der Waals surface area contributed by atoms with Crippen LogP contribution in [0.3, 0.4) is 0 Å². The van der Waals surface area contributed by atoms with E-state index in [1.54, 1.807) is 23.1 Å². The lowest BCUT2D eigenvalue weighted by Gasteiger charge is -2.34. The summed E-state index contributed by atoms with van der Waals surface area (Å²) in [5.41, 5.74) is 1.31. The summed E-state index contributed by atoms with van der Waals surface area (Å²) in [6, 6.07) is 6.41. The van der Waals surface area contributed by atoms with Crippen LogP contribution in [-0.4, -0.2) is 75.1 Å². The first kappa shape index (κ1) is 19.5. The van der Waals surface area contributed by atoms with Crippen molar-refractivity contribution in [2.75, 3.05) is 26.2 Å². The molecule has 0 saturated carbocycles. The van der Waals surface area contributed by atoms with Gasteiger partial charge in [-0.15, -0.1) is 5.10 Å². The number of piperazine rings is 1. The van der Waals surface area contributed by atoms with Gasteiger partial charge in [0.15, 0.2) is 0 Å². The molecule has 0 spiro atoms. The molecule has 0 atom stereocenters. The SMILES string of the molecule is O=C(c1ccc(-n2cnnn2)cc1Cl)N1CCN(S(=O)(=O)Cc2ccon2)CC1. The lowest BCUT2D eigenvalue weighted by atomic mass is 10.1. The highest BCUT2D eigenvalue weighted by atomic mass is 35.5. The number of tetrazole rings is 1. The van der Waals surface area contributed by atoms with Crippen molar-refractivity contribution in [2.45, 2.75) is 5.75 Å². The van der Waals surface area contributed by atoms with Crippen LogP contribution in [0, 0.1) is 0 Å². The quantitative estimate of drug-likeness (QED) is 0.567. The fraction of sp³-hybridized carbons (Fsp3) is 0.312. The monoisotopic (exact) mass is 437 g/mol. The van der Waals surface area contributed by atoms with Crippen molar-refractivity contribution in [1.29, 1.82) is 0 Å². The Morgan fingerprint density at radius 3 is 2.59 bits per heavy atom. The number of sulfonamides is 1. The van der Waals surface area contributed by atoms with Gasteiger partial charge in [0, 0.05) is 32.2 Å². The first-order valence-electron chi connectivity index (χ1n) is 8.63. The lowest BCUT2D eigenvalue weighted by Crippen LogP contribution is -2.50. The van der Waals surface area contributed by atoms with Gasteiger partial charge in [0.05, 0.1) is 22.0 Å². The molecule has 1 aliphatic rings. The van der Waals surface area contributed by atoms with Crippen molar-refractivity contribution in [1.82, 2.24) is 34.6 Å². The molecule has 29 heavy (non-hydrogen) atoms. The summed E-state index contributed by atoms with van der Waals surface area (Å²) in [6.07, 6.45) is 2.75. The second kappa shape index (κ2) is 7.89. The molecular formula is C16H16ClN7O4S. The second-order valence-electron chi connectivity index (χ2n) is 6.36. The fourth-order valence-corrected chi connectivity index (χ4v) is 4.71. The maximum absolute atomic E-state index is 12.8. The number of carbonyl (C=O) groups is 1. The van der Waals surface area contributed by atoms with Crippen molar-refractivity contribution in [3.05, 3.63) is 53.1 Å². The van der Waals surface area contributed by atoms with Crippen LogP contribution in [0.25, 0.3) is 5.69 Å². The molecule has 1 saturated heterocycles. The standard InChI is InChI=1S/C16H16ClN7O4S/c17-15-9-13(24-11-18-20-21-24)1-2-14(15)16(25)22-4-6-23(7-5-22)29(26,27)10-12-3-8-28-19-12/h1-3,8-9,11H,4-7,10H2. The van der Waals surface area contributed by atoms with E-state index in [0.717, 1.165) is 0 Å². The van der Waals surface area contributed by atoms with E-state index in [-0.39, 0.29) is 42.9 Å². The highest BCUT2D eigenvalue weighted by Gasteiger charge is 2.30. The number of nitrogens with zero attached hydrogens (tertiary/aromatic N) is 7. The number of benzene rings is 1. The number of hydrogen-bond donors (Lipinski definition) is 0. The molecule has 1 aliphatic heterocycles. The minimum Gasteiger partial charge on any atom is -0.364 e. The largest absolute Gasteiger partial charge is 0.364 e. The van der Waals surface area contributed by atoms with Gasteiger partial charge in [-0.1, -0.05) is 16.8 Å². The normalized spacial score (nSPS) is 15.6. The topological polar surface area (TPSA) is 127 Å². The Morgan fingerprint density at radius 2 is 1.97 bits per heavy atom. The zero-order valence-electron chi connectivity index (χ0n) is 15.0. The molecule has 4 rings (SSSR count). The molecule has 3 heterocycles. The summed E-state index contributed by atoms with van der Waals surface area (Å²) >= 11 is 6.29. The van der Waals surface area contributed by atoms with Crippen LogP contribution in [0.4, 0.5) is 0 Å². The lowest BCUT2D eigenvalue weighted by molar-refractivity contribution is 0.0698. The van der Waals surface area contributed by atoms with Gasteiger partial charge in [0.2, 0.25) is 10.0 Å². The van der Waals surface area contributed by atoms with Crippen molar-refractivity contribution in [3.63, 3.8) is 0 Å². The van der Waals surface area contributed by atoms with E-state index in [4.69, 9.17) is 11.6 Å². The third kappa shape index (κ3) is 4.13. The fourth-order valence-electron chi connectivity index (χ4n) is 3.03. The molecule has 13 heteroatoms. The molecule has 0 N–H and O–H groups in total. The molecule has 0 unspecified atom stereocenters. The number of aromatic nitrogens is 5. The second-order valence-corrected chi connectivity index (χ2v) is 8.73. The first-order chi connectivity index (χ1) is 13.9. The van der Waals surface area contributed by atoms with Crippen molar-refractivity contribution < 1.29 is 17.7 Å². The van der Waals surface area contributed by atoms with Gasteiger partial charge in [-0.25, -0.2) is 13.1 Å². The summed E-state index contributed by atoms with van der Waals surface area (Å²) in [6.45, 7) is 0.933. The molecule has 11 nitrogen and oxygen atoms in total. The first-order valence-corrected chi connectivity index (χ1v) is 10.6. The van der Waals surface area contributed by atoms with Gasteiger partial charge in [0.25, 0.3) is 5.91 Å². The van der Waals surface area contributed by atoms with Crippen LogP contribution < -0.4 is 0 Å². The maximum Gasteiger partial charge on any atom is 0.255 e. The van der Waals surface area contributed by atoms with Crippen LogP contribution in [0.1, 0.15) is 16.1 Å². The van der Waals surface area contributed by atoms with E-state index in [0.29, 0.717) is 16.9 Å². The Labute approximate surface area is 170 Å². The van der Waals surface area contributed by atoms with Gasteiger partial charge in [-0.05, 0) is 28.6 Å². The highest BCUT2D eigenvalue weighted by Crippen LogP contribution is 2.22. The summed E-state index contributed by atoms with van der Waals surface area (Å²) in [5, 5.41) is 14.8. The average molecular weight is 438 g/mol. The predicted molar refractivity (Wildman–Crippen MR) is 101 cm³/mol. The molecule has 3 aromatic rings.